The number of hydrogen-bond acceptors (Lipinski definition) is 5. The Kier molecular flexibility index (Phi) is 2.90. The molecule has 0 aliphatic carbocycles. The molecule has 0 radical (unpaired) electrons. The number of rotatable bonds is 3. The van der Waals surface area contributed by atoms with Crippen LogP contribution in [0.15, 0.2) is 4.42 Å². The first-order valence-electron chi connectivity index (χ1n) is 5.46. The van der Waals surface area contributed by atoms with E-state index < -0.39 is 0 Å². The Morgan fingerprint density at radius 2 is 2.33 bits per heavy atom. The summed E-state index contributed by atoms with van der Waals surface area (Å²) in [6.45, 7) is 6.30. The second-order valence-electron chi connectivity index (χ2n) is 4.27. The van der Waals surface area contributed by atoms with Crippen LogP contribution < -0.4 is 10.2 Å². The van der Waals surface area contributed by atoms with Gasteiger partial charge in [-0.3, -0.25) is 0 Å². The van der Waals surface area contributed by atoms with Gasteiger partial charge in [0.2, 0.25) is 5.89 Å². The van der Waals surface area contributed by atoms with Crippen LogP contribution >= 0.6 is 0 Å². The summed E-state index contributed by atoms with van der Waals surface area (Å²) in [5, 5.41) is 11.2. The highest BCUT2D eigenvalue weighted by atomic mass is 16.4. The third-order valence-electron chi connectivity index (χ3n) is 2.93. The van der Waals surface area contributed by atoms with Crippen molar-refractivity contribution in [2.75, 3.05) is 25.0 Å². The number of aromatic nitrogens is 2. The van der Waals surface area contributed by atoms with Crippen molar-refractivity contribution in [1.82, 2.24) is 15.5 Å². The molecule has 0 saturated carbocycles. The van der Waals surface area contributed by atoms with Gasteiger partial charge in [-0.1, -0.05) is 12.0 Å². The number of nitrogens with one attached hydrogen (secondary N) is 1. The Hall–Kier alpha value is -1.10. The van der Waals surface area contributed by atoms with Crippen LogP contribution in [0.25, 0.3) is 0 Å². The zero-order chi connectivity index (χ0) is 10.8. The molecular formula is C10H18N4O. The minimum Gasteiger partial charge on any atom is -0.406 e. The van der Waals surface area contributed by atoms with Crippen LogP contribution in [-0.4, -0.2) is 30.3 Å². The summed E-state index contributed by atoms with van der Waals surface area (Å²) in [4.78, 5) is 2.16. The summed E-state index contributed by atoms with van der Waals surface area (Å²) >= 11 is 0. The molecule has 1 aliphatic heterocycles. The van der Waals surface area contributed by atoms with Crippen LogP contribution in [-0.2, 0) is 0 Å². The molecule has 1 aliphatic rings. The van der Waals surface area contributed by atoms with Crippen molar-refractivity contribution in [3.63, 3.8) is 0 Å². The zero-order valence-electron chi connectivity index (χ0n) is 9.53. The maximum absolute atomic E-state index is 5.61. The molecule has 2 atom stereocenters. The molecule has 0 amide bonds. The topological polar surface area (TPSA) is 54.2 Å². The van der Waals surface area contributed by atoms with Crippen LogP contribution in [0.1, 0.15) is 32.2 Å². The molecule has 5 nitrogen and oxygen atoms in total. The van der Waals surface area contributed by atoms with Gasteiger partial charge in [0.25, 0.3) is 0 Å². The van der Waals surface area contributed by atoms with E-state index in [1.165, 1.54) is 6.42 Å². The number of anilines is 1. The van der Waals surface area contributed by atoms with Crippen molar-refractivity contribution in [2.24, 2.45) is 5.92 Å². The summed E-state index contributed by atoms with van der Waals surface area (Å²) in [5.74, 6) is 1.38. The second kappa shape index (κ2) is 4.18. The third kappa shape index (κ3) is 2.12. The molecule has 0 spiro atoms. The Balaban J connectivity index is 2.07. The van der Waals surface area contributed by atoms with E-state index in [9.17, 15) is 0 Å². The second-order valence-corrected chi connectivity index (χ2v) is 4.27. The average molecular weight is 210 g/mol. The van der Waals surface area contributed by atoms with Gasteiger partial charge in [0.05, 0.1) is 6.04 Å². The van der Waals surface area contributed by atoms with Gasteiger partial charge >= 0.3 is 6.01 Å². The molecule has 1 saturated heterocycles. The van der Waals surface area contributed by atoms with E-state index in [-0.39, 0.29) is 6.04 Å². The predicted octanol–water partition coefficient (Wildman–Crippen LogP) is 1.20. The Labute approximate surface area is 89.9 Å². The van der Waals surface area contributed by atoms with E-state index in [4.69, 9.17) is 4.42 Å². The first-order chi connectivity index (χ1) is 7.20. The van der Waals surface area contributed by atoms with Gasteiger partial charge in [0, 0.05) is 13.1 Å². The molecule has 0 aromatic carbocycles. The molecule has 5 heteroatoms. The zero-order valence-corrected chi connectivity index (χ0v) is 9.53. The quantitative estimate of drug-likeness (QED) is 0.812. The van der Waals surface area contributed by atoms with E-state index >= 15 is 0 Å². The summed E-state index contributed by atoms with van der Waals surface area (Å²) in [6, 6.07) is 0.780. The van der Waals surface area contributed by atoms with Crippen molar-refractivity contribution in [1.29, 1.82) is 0 Å². The standard InChI is InChI=1S/C10H18N4O/c1-7-4-5-14(6-7)10-13-12-9(15-10)8(2)11-3/h7-8,11H,4-6H2,1-3H3. The van der Waals surface area contributed by atoms with Crippen molar-refractivity contribution in [3.8, 4) is 0 Å². The lowest BCUT2D eigenvalue weighted by molar-refractivity contribution is 0.432. The normalized spacial score (nSPS) is 23.4. The Morgan fingerprint density at radius 1 is 1.53 bits per heavy atom. The minimum atomic E-state index is 0.117. The fourth-order valence-corrected chi connectivity index (χ4v) is 1.76. The lowest BCUT2D eigenvalue weighted by atomic mass is 10.2. The SMILES string of the molecule is CNC(C)c1nnc(N2CCC(C)C2)o1. The summed E-state index contributed by atoms with van der Waals surface area (Å²) in [7, 11) is 1.88. The molecule has 1 N–H and O–H groups in total. The molecule has 2 rings (SSSR count). The van der Waals surface area contributed by atoms with Gasteiger partial charge in [-0.05, 0) is 26.3 Å². The molecule has 2 heterocycles. The molecule has 0 bridgehead atoms. The van der Waals surface area contributed by atoms with Gasteiger partial charge < -0.3 is 14.6 Å². The average Bonchev–Trinajstić information content (AvgIpc) is 2.84. The van der Waals surface area contributed by atoms with Crippen molar-refractivity contribution < 1.29 is 4.42 Å². The van der Waals surface area contributed by atoms with Gasteiger partial charge in [0.15, 0.2) is 0 Å². The Morgan fingerprint density at radius 3 is 2.93 bits per heavy atom. The fourth-order valence-electron chi connectivity index (χ4n) is 1.76. The first-order valence-corrected chi connectivity index (χ1v) is 5.46. The van der Waals surface area contributed by atoms with Crippen molar-refractivity contribution >= 4 is 6.01 Å². The van der Waals surface area contributed by atoms with Gasteiger partial charge in [-0.2, -0.15) is 0 Å². The van der Waals surface area contributed by atoms with Gasteiger partial charge in [-0.15, -0.1) is 5.10 Å². The van der Waals surface area contributed by atoms with Crippen molar-refractivity contribution in [2.45, 2.75) is 26.3 Å². The summed E-state index contributed by atoms with van der Waals surface area (Å²) in [6.07, 6.45) is 1.21. The largest absolute Gasteiger partial charge is 0.406 e. The smallest absolute Gasteiger partial charge is 0.318 e. The van der Waals surface area contributed by atoms with E-state index in [1.807, 2.05) is 14.0 Å². The highest BCUT2D eigenvalue weighted by Gasteiger charge is 2.23. The highest BCUT2D eigenvalue weighted by molar-refractivity contribution is 5.26. The monoisotopic (exact) mass is 210 g/mol. The third-order valence-corrected chi connectivity index (χ3v) is 2.93. The lowest BCUT2D eigenvalue weighted by Gasteiger charge is -2.11. The van der Waals surface area contributed by atoms with Crippen molar-refractivity contribution in [3.05, 3.63) is 5.89 Å². The van der Waals surface area contributed by atoms with Crippen LogP contribution in [0.5, 0.6) is 0 Å². The fraction of sp³-hybridized carbons (Fsp3) is 0.800. The van der Waals surface area contributed by atoms with E-state index in [2.05, 4.69) is 27.3 Å². The number of hydrogen-bond donors (Lipinski definition) is 1. The number of nitrogens with zero attached hydrogens (tertiary/aromatic N) is 3. The minimum absolute atomic E-state index is 0.117. The van der Waals surface area contributed by atoms with Gasteiger partial charge in [-0.25, -0.2) is 0 Å². The van der Waals surface area contributed by atoms with E-state index in [0.29, 0.717) is 11.9 Å². The molecule has 84 valence electrons. The first kappa shape index (κ1) is 10.4. The molecule has 1 aromatic heterocycles. The van der Waals surface area contributed by atoms with Crippen LogP contribution in [0.4, 0.5) is 6.01 Å². The van der Waals surface area contributed by atoms with Crippen LogP contribution in [0.3, 0.4) is 0 Å². The maximum atomic E-state index is 5.61. The summed E-state index contributed by atoms with van der Waals surface area (Å²) < 4.78 is 5.61. The van der Waals surface area contributed by atoms with Crippen LogP contribution in [0, 0.1) is 5.92 Å². The Bertz CT molecular complexity index is 325. The highest BCUT2D eigenvalue weighted by Crippen LogP contribution is 2.23. The van der Waals surface area contributed by atoms with Gasteiger partial charge in [0.1, 0.15) is 0 Å². The van der Waals surface area contributed by atoms with E-state index in [1.54, 1.807) is 0 Å². The molecule has 1 aromatic rings. The van der Waals surface area contributed by atoms with Crippen LogP contribution in [0.2, 0.25) is 0 Å². The molecular weight excluding hydrogens is 192 g/mol. The molecule has 2 unspecified atom stereocenters. The van der Waals surface area contributed by atoms with E-state index in [0.717, 1.165) is 19.0 Å². The molecule has 1 fully saturated rings. The molecule has 15 heavy (non-hydrogen) atoms. The lowest BCUT2D eigenvalue weighted by Crippen LogP contribution is -2.19. The summed E-state index contributed by atoms with van der Waals surface area (Å²) in [5.41, 5.74) is 0. The predicted molar refractivity (Wildman–Crippen MR) is 57.8 cm³/mol. The maximum Gasteiger partial charge on any atom is 0.318 e.